The number of nitrogen functional groups attached to an aromatic ring is 1. The predicted octanol–water partition coefficient (Wildman–Crippen LogP) is 3.40. The smallest absolute Gasteiger partial charge is 0.407 e. The largest absolute Gasteiger partial charge is 0.465 e. The van der Waals surface area contributed by atoms with Crippen LogP contribution in [0.15, 0.2) is 48.5 Å². The Hall–Kier alpha value is -3.88. The van der Waals surface area contributed by atoms with Crippen LogP contribution < -0.4 is 15.8 Å². The van der Waals surface area contributed by atoms with Crippen molar-refractivity contribution in [3.05, 3.63) is 65.2 Å². The maximum atomic E-state index is 12.7. The van der Waals surface area contributed by atoms with Crippen molar-refractivity contribution in [2.75, 3.05) is 13.7 Å². The van der Waals surface area contributed by atoms with Gasteiger partial charge in [0.25, 0.3) is 0 Å². The number of ether oxygens (including phenoxy) is 3. The number of rotatable bonds is 8. The van der Waals surface area contributed by atoms with Crippen molar-refractivity contribution >= 4 is 23.9 Å². The highest BCUT2D eigenvalue weighted by atomic mass is 16.6. The van der Waals surface area contributed by atoms with Crippen LogP contribution in [0.1, 0.15) is 47.2 Å². The summed E-state index contributed by atoms with van der Waals surface area (Å²) in [4.78, 5) is 36.8. The minimum Gasteiger partial charge on any atom is -0.465 e. The van der Waals surface area contributed by atoms with E-state index < -0.39 is 18.0 Å². The fraction of sp³-hybridized carbons (Fsp3) is 0.360. The number of hydrogen-bond acceptors (Lipinski definition) is 7. The highest BCUT2D eigenvalue weighted by Gasteiger charge is 2.29. The number of nitrogens with one attached hydrogen (secondary N) is 2. The molecule has 0 bridgehead atoms. The molecule has 180 valence electrons. The van der Waals surface area contributed by atoms with Crippen LogP contribution in [0.2, 0.25) is 0 Å². The van der Waals surface area contributed by atoms with E-state index in [1.54, 1.807) is 0 Å². The minimum absolute atomic E-state index is 0.0375. The van der Waals surface area contributed by atoms with E-state index in [0.29, 0.717) is 24.9 Å². The first-order valence-corrected chi connectivity index (χ1v) is 11.1. The van der Waals surface area contributed by atoms with Crippen molar-refractivity contribution in [2.24, 2.45) is 17.6 Å². The van der Waals surface area contributed by atoms with Crippen LogP contribution in [0.4, 0.5) is 4.79 Å². The van der Waals surface area contributed by atoms with Crippen molar-refractivity contribution < 1.29 is 28.6 Å². The lowest BCUT2D eigenvalue weighted by Gasteiger charge is -2.27. The van der Waals surface area contributed by atoms with Gasteiger partial charge < -0.3 is 25.3 Å². The molecule has 0 atom stereocenters. The Balaban J connectivity index is 1.46. The van der Waals surface area contributed by atoms with E-state index in [1.165, 1.54) is 25.3 Å². The van der Waals surface area contributed by atoms with Crippen LogP contribution in [0.25, 0.3) is 0 Å². The Morgan fingerprint density at radius 2 is 1.76 bits per heavy atom. The highest BCUT2D eigenvalue weighted by Crippen LogP contribution is 2.31. The van der Waals surface area contributed by atoms with Gasteiger partial charge in [0.2, 0.25) is 0 Å². The molecular formula is C25H29N3O6. The lowest BCUT2D eigenvalue weighted by Crippen LogP contribution is -2.33. The molecule has 34 heavy (non-hydrogen) atoms. The van der Waals surface area contributed by atoms with E-state index >= 15 is 0 Å². The van der Waals surface area contributed by atoms with Crippen LogP contribution >= 0.6 is 0 Å². The van der Waals surface area contributed by atoms with Gasteiger partial charge in [-0.1, -0.05) is 30.3 Å². The van der Waals surface area contributed by atoms with Crippen LogP contribution in [0.3, 0.4) is 0 Å². The zero-order valence-electron chi connectivity index (χ0n) is 19.0. The molecule has 9 heteroatoms. The Kier molecular flexibility index (Phi) is 8.61. The van der Waals surface area contributed by atoms with Crippen molar-refractivity contribution in [3.8, 4) is 5.75 Å². The Labute approximate surface area is 198 Å². The molecular weight excluding hydrogens is 438 g/mol. The zero-order chi connectivity index (χ0) is 24.5. The second kappa shape index (κ2) is 11.8. The Bertz CT molecular complexity index is 1030. The molecule has 1 aliphatic rings. The number of esters is 2. The zero-order valence-corrected chi connectivity index (χ0v) is 19.0. The summed E-state index contributed by atoms with van der Waals surface area (Å²) >= 11 is 0. The van der Waals surface area contributed by atoms with Crippen LogP contribution in [0, 0.1) is 17.2 Å². The van der Waals surface area contributed by atoms with E-state index in [0.717, 1.165) is 18.4 Å². The molecule has 0 saturated heterocycles. The topological polar surface area (TPSA) is 141 Å². The van der Waals surface area contributed by atoms with Crippen molar-refractivity contribution in [2.45, 2.75) is 32.3 Å². The summed E-state index contributed by atoms with van der Waals surface area (Å²) in [6.07, 6.45) is 2.28. The summed E-state index contributed by atoms with van der Waals surface area (Å²) < 4.78 is 15.5. The Morgan fingerprint density at radius 1 is 1.06 bits per heavy atom. The van der Waals surface area contributed by atoms with Gasteiger partial charge in [0.15, 0.2) is 0 Å². The average Bonchev–Trinajstić information content (AvgIpc) is 2.86. The maximum Gasteiger partial charge on any atom is 0.407 e. The SMILES string of the molecule is COC(=O)c1cc(C(=N)N)ccc1OC(=O)C1CCC(CNC(=O)OCc2ccccc2)CC1. The average molecular weight is 468 g/mol. The number of carbonyl (C=O) groups excluding carboxylic acids is 3. The third-order valence-corrected chi connectivity index (χ3v) is 5.83. The van der Waals surface area contributed by atoms with Gasteiger partial charge in [-0.05, 0) is 55.4 Å². The van der Waals surface area contributed by atoms with E-state index in [1.807, 2.05) is 30.3 Å². The molecule has 0 aliphatic heterocycles. The summed E-state index contributed by atoms with van der Waals surface area (Å²) in [6, 6.07) is 13.8. The molecule has 9 nitrogen and oxygen atoms in total. The molecule has 0 spiro atoms. The van der Waals surface area contributed by atoms with E-state index in [-0.39, 0.29) is 35.6 Å². The molecule has 1 fully saturated rings. The molecule has 4 N–H and O–H groups in total. The summed E-state index contributed by atoms with van der Waals surface area (Å²) in [5, 5.41) is 10.3. The number of amides is 1. The monoisotopic (exact) mass is 467 g/mol. The minimum atomic E-state index is -0.681. The lowest BCUT2D eigenvalue weighted by atomic mass is 9.82. The van der Waals surface area contributed by atoms with Crippen molar-refractivity contribution in [3.63, 3.8) is 0 Å². The third-order valence-electron chi connectivity index (χ3n) is 5.83. The van der Waals surface area contributed by atoms with Crippen molar-refractivity contribution in [1.82, 2.24) is 5.32 Å². The Morgan fingerprint density at radius 3 is 2.41 bits per heavy atom. The molecule has 2 aromatic carbocycles. The van der Waals surface area contributed by atoms with Gasteiger partial charge in [-0.25, -0.2) is 9.59 Å². The summed E-state index contributed by atoms with van der Waals surface area (Å²) in [6.45, 7) is 0.695. The van der Waals surface area contributed by atoms with Gasteiger partial charge >= 0.3 is 18.0 Å². The molecule has 0 heterocycles. The summed E-state index contributed by atoms with van der Waals surface area (Å²) in [5.74, 6) is -1.30. The van der Waals surface area contributed by atoms with E-state index in [4.69, 9.17) is 25.4 Å². The number of nitrogens with two attached hydrogens (primary N) is 1. The van der Waals surface area contributed by atoms with Gasteiger partial charge in [0, 0.05) is 12.1 Å². The molecule has 3 rings (SSSR count). The van der Waals surface area contributed by atoms with Crippen LogP contribution in [-0.4, -0.2) is 37.5 Å². The first kappa shape index (κ1) is 24.8. The molecule has 1 amide bonds. The second-order valence-electron chi connectivity index (χ2n) is 8.20. The van der Waals surface area contributed by atoms with Gasteiger partial charge in [-0.2, -0.15) is 0 Å². The number of methoxy groups -OCH3 is 1. The molecule has 0 aromatic heterocycles. The summed E-state index contributed by atoms with van der Waals surface area (Å²) in [7, 11) is 1.22. The number of benzene rings is 2. The number of alkyl carbamates (subject to hydrolysis) is 1. The maximum absolute atomic E-state index is 12.7. The van der Waals surface area contributed by atoms with Crippen molar-refractivity contribution in [1.29, 1.82) is 5.41 Å². The molecule has 1 saturated carbocycles. The predicted molar refractivity (Wildman–Crippen MR) is 125 cm³/mol. The lowest BCUT2D eigenvalue weighted by molar-refractivity contribution is -0.140. The standard InChI is InChI=1S/C25H29N3O6/c1-32-24(30)20-13-19(22(26)27)11-12-21(20)34-23(29)18-9-7-16(8-10-18)14-28-25(31)33-15-17-5-3-2-4-6-17/h2-6,11-13,16,18H,7-10,14-15H2,1H3,(H3,26,27)(H,28,31). The van der Waals surface area contributed by atoms with Gasteiger partial charge in [-0.3, -0.25) is 10.2 Å². The fourth-order valence-electron chi connectivity index (χ4n) is 3.85. The normalized spacial score (nSPS) is 17.3. The van der Waals surface area contributed by atoms with Gasteiger partial charge in [0.1, 0.15) is 23.8 Å². The van der Waals surface area contributed by atoms with Crippen LogP contribution in [-0.2, 0) is 20.9 Å². The molecule has 0 radical (unpaired) electrons. The molecule has 1 aliphatic carbocycles. The van der Waals surface area contributed by atoms with Gasteiger partial charge in [-0.15, -0.1) is 0 Å². The van der Waals surface area contributed by atoms with Gasteiger partial charge in [0.05, 0.1) is 13.0 Å². The first-order valence-electron chi connectivity index (χ1n) is 11.1. The van der Waals surface area contributed by atoms with E-state index in [9.17, 15) is 14.4 Å². The van der Waals surface area contributed by atoms with Crippen LogP contribution in [0.5, 0.6) is 5.75 Å². The highest BCUT2D eigenvalue weighted by molar-refractivity contribution is 6.00. The third kappa shape index (κ3) is 6.81. The number of hydrogen-bond donors (Lipinski definition) is 3. The van der Waals surface area contributed by atoms with E-state index in [2.05, 4.69) is 5.32 Å². The molecule has 2 aromatic rings. The quantitative estimate of drug-likeness (QED) is 0.234. The number of amidine groups is 1. The first-order chi connectivity index (χ1) is 16.4. The summed E-state index contributed by atoms with van der Waals surface area (Å²) in [5.41, 5.74) is 6.77. The number of carbonyl (C=O) groups is 3. The molecule has 0 unspecified atom stereocenters. The second-order valence-corrected chi connectivity index (χ2v) is 8.20. The fourth-order valence-corrected chi connectivity index (χ4v) is 3.85.